The molecule has 0 aliphatic carbocycles. The van der Waals surface area contributed by atoms with E-state index in [1.165, 1.54) is 0 Å². The second kappa shape index (κ2) is 8.29. The Bertz CT molecular complexity index is 1010. The second-order valence-corrected chi connectivity index (χ2v) is 7.89. The predicted octanol–water partition coefficient (Wildman–Crippen LogP) is 5.07. The number of hydrogen-bond donors (Lipinski definition) is 0. The maximum absolute atomic E-state index is 13.4. The lowest BCUT2D eigenvalue weighted by Gasteiger charge is -2.30. The van der Waals surface area contributed by atoms with Crippen LogP contribution in [0.4, 0.5) is 0 Å². The summed E-state index contributed by atoms with van der Waals surface area (Å²) in [7, 11) is 1.63. The van der Waals surface area contributed by atoms with Crippen LogP contribution < -0.4 is 4.74 Å². The Morgan fingerprint density at radius 1 is 1.10 bits per heavy atom. The van der Waals surface area contributed by atoms with Gasteiger partial charge in [0.05, 0.1) is 23.5 Å². The number of ether oxygens (including phenoxy) is 1. The van der Waals surface area contributed by atoms with Crippen LogP contribution in [0.5, 0.6) is 5.75 Å². The fourth-order valence-corrected chi connectivity index (χ4v) is 3.86. The van der Waals surface area contributed by atoms with Crippen LogP contribution in [-0.4, -0.2) is 40.8 Å². The number of benzene rings is 2. The Labute approximate surface area is 175 Å². The number of likely N-dealkylation sites (tertiary alicyclic amines) is 1. The zero-order valence-corrected chi connectivity index (χ0v) is 17.4. The van der Waals surface area contributed by atoms with Crippen molar-refractivity contribution in [1.82, 2.24) is 14.7 Å². The molecule has 0 unspecified atom stereocenters. The summed E-state index contributed by atoms with van der Waals surface area (Å²) in [4.78, 5) is 15.3. The molecule has 0 spiro atoms. The van der Waals surface area contributed by atoms with Crippen molar-refractivity contribution in [3.63, 3.8) is 0 Å². The molecule has 2 aromatic carbocycles. The first-order chi connectivity index (χ1) is 14.1. The first-order valence-electron chi connectivity index (χ1n) is 9.85. The zero-order chi connectivity index (χ0) is 20.4. The lowest BCUT2D eigenvalue weighted by molar-refractivity contribution is 0.0688. The third kappa shape index (κ3) is 4.01. The van der Waals surface area contributed by atoms with Crippen molar-refractivity contribution in [2.75, 3.05) is 20.2 Å². The average Bonchev–Trinajstić information content (AvgIpc) is 3.19. The molecule has 1 aliphatic heterocycles. The van der Waals surface area contributed by atoms with E-state index in [-0.39, 0.29) is 5.91 Å². The minimum atomic E-state index is -0.00137. The summed E-state index contributed by atoms with van der Waals surface area (Å²) in [5.41, 5.74) is 2.83. The normalized spacial score (nSPS) is 14.8. The highest BCUT2D eigenvalue weighted by Gasteiger charge is 2.26. The van der Waals surface area contributed by atoms with Gasteiger partial charge >= 0.3 is 0 Å². The smallest absolute Gasteiger partial charge is 0.272 e. The Balaban J connectivity index is 1.77. The summed E-state index contributed by atoms with van der Waals surface area (Å²) >= 11 is 6.39. The topological polar surface area (TPSA) is 47.4 Å². The summed E-state index contributed by atoms with van der Waals surface area (Å²) in [5, 5.41) is 5.35. The molecule has 2 heterocycles. The average molecular weight is 410 g/mol. The first-order valence-corrected chi connectivity index (χ1v) is 10.2. The van der Waals surface area contributed by atoms with Crippen molar-refractivity contribution >= 4 is 17.5 Å². The molecule has 6 heteroatoms. The van der Waals surface area contributed by atoms with Crippen LogP contribution in [0.15, 0.2) is 54.6 Å². The minimum absolute atomic E-state index is 0.00137. The number of carbonyl (C=O) groups is 1. The van der Waals surface area contributed by atoms with Gasteiger partial charge in [-0.15, -0.1) is 0 Å². The van der Waals surface area contributed by atoms with E-state index in [1.807, 2.05) is 59.5 Å². The van der Waals surface area contributed by atoms with Crippen LogP contribution in [0.25, 0.3) is 16.9 Å². The molecular weight excluding hydrogens is 386 g/mol. The molecule has 0 radical (unpaired) electrons. The third-order valence-electron chi connectivity index (χ3n) is 5.47. The number of halogens is 1. The van der Waals surface area contributed by atoms with Gasteiger partial charge in [0.2, 0.25) is 0 Å². The Morgan fingerprint density at radius 2 is 1.79 bits per heavy atom. The molecule has 1 amide bonds. The van der Waals surface area contributed by atoms with Gasteiger partial charge in [0.25, 0.3) is 5.91 Å². The lowest BCUT2D eigenvalue weighted by Crippen LogP contribution is -2.38. The molecule has 1 saturated heterocycles. The number of methoxy groups -OCH3 is 1. The molecule has 150 valence electrons. The summed E-state index contributed by atoms with van der Waals surface area (Å²) in [6.07, 6.45) is 2.06. The first kappa shape index (κ1) is 19.5. The van der Waals surface area contributed by atoms with Gasteiger partial charge in [-0.05, 0) is 55.2 Å². The van der Waals surface area contributed by atoms with Crippen LogP contribution in [0, 0.1) is 5.92 Å². The van der Waals surface area contributed by atoms with Gasteiger partial charge < -0.3 is 9.64 Å². The largest absolute Gasteiger partial charge is 0.497 e. The molecular formula is C23H24ClN3O2. The van der Waals surface area contributed by atoms with E-state index in [9.17, 15) is 4.79 Å². The van der Waals surface area contributed by atoms with Crippen molar-refractivity contribution in [3.05, 3.63) is 65.3 Å². The van der Waals surface area contributed by atoms with Gasteiger partial charge in [-0.2, -0.15) is 5.10 Å². The number of rotatable bonds is 4. The van der Waals surface area contributed by atoms with E-state index in [0.717, 1.165) is 42.9 Å². The van der Waals surface area contributed by atoms with Crippen molar-refractivity contribution in [3.8, 4) is 22.7 Å². The Hall–Kier alpha value is -2.79. The van der Waals surface area contributed by atoms with E-state index < -0.39 is 0 Å². The molecule has 1 aromatic heterocycles. The summed E-state index contributed by atoms with van der Waals surface area (Å²) in [6, 6.07) is 16.9. The number of hydrogen-bond acceptors (Lipinski definition) is 3. The van der Waals surface area contributed by atoms with E-state index in [2.05, 4.69) is 6.92 Å². The third-order valence-corrected chi connectivity index (χ3v) is 5.80. The van der Waals surface area contributed by atoms with Gasteiger partial charge in [0.1, 0.15) is 11.4 Å². The quantitative estimate of drug-likeness (QED) is 0.604. The maximum Gasteiger partial charge on any atom is 0.272 e. The monoisotopic (exact) mass is 409 g/mol. The van der Waals surface area contributed by atoms with Crippen LogP contribution in [0.2, 0.25) is 5.02 Å². The summed E-state index contributed by atoms with van der Waals surface area (Å²) in [5.74, 6) is 1.41. The fourth-order valence-electron chi connectivity index (χ4n) is 3.63. The van der Waals surface area contributed by atoms with Gasteiger partial charge in [-0.25, -0.2) is 4.68 Å². The van der Waals surface area contributed by atoms with E-state index in [1.54, 1.807) is 11.8 Å². The molecule has 0 saturated carbocycles. The Morgan fingerprint density at radius 3 is 2.45 bits per heavy atom. The number of piperidine rings is 1. The number of amides is 1. The molecule has 5 nitrogen and oxygen atoms in total. The molecule has 1 fully saturated rings. The maximum atomic E-state index is 13.4. The number of nitrogens with zero attached hydrogens (tertiary/aromatic N) is 3. The molecule has 0 atom stereocenters. The fraction of sp³-hybridized carbons (Fsp3) is 0.304. The predicted molar refractivity (Wildman–Crippen MR) is 115 cm³/mol. The lowest BCUT2D eigenvalue weighted by atomic mass is 9.99. The van der Waals surface area contributed by atoms with Gasteiger partial charge in [0, 0.05) is 18.7 Å². The highest BCUT2D eigenvalue weighted by atomic mass is 35.5. The van der Waals surface area contributed by atoms with Crippen LogP contribution >= 0.6 is 11.6 Å². The SMILES string of the molecule is COc1ccc(-n2nc(-c3ccccc3Cl)cc2C(=O)N2CCC(C)CC2)cc1. The standard InChI is InChI=1S/C23H24ClN3O2/c1-16-11-13-26(14-12-16)23(28)22-15-21(19-5-3-4-6-20(19)24)25-27(22)17-7-9-18(29-2)10-8-17/h3-10,15-16H,11-14H2,1-2H3. The highest BCUT2D eigenvalue weighted by molar-refractivity contribution is 6.33. The van der Waals surface area contributed by atoms with Crippen LogP contribution in [0.1, 0.15) is 30.3 Å². The van der Waals surface area contributed by atoms with Crippen LogP contribution in [-0.2, 0) is 0 Å². The number of carbonyl (C=O) groups excluding carboxylic acids is 1. The van der Waals surface area contributed by atoms with Crippen molar-refractivity contribution in [1.29, 1.82) is 0 Å². The minimum Gasteiger partial charge on any atom is -0.497 e. The van der Waals surface area contributed by atoms with Gasteiger partial charge in [0.15, 0.2) is 0 Å². The van der Waals surface area contributed by atoms with Gasteiger partial charge in [-0.3, -0.25) is 4.79 Å². The summed E-state index contributed by atoms with van der Waals surface area (Å²) in [6.45, 7) is 3.78. The molecule has 4 rings (SSSR count). The second-order valence-electron chi connectivity index (χ2n) is 7.48. The van der Waals surface area contributed by atoms with Crippen LogP contribution in [0.3, 0.4) is 0 Å². The molecule has 1 aliphatic rings. The van der Waals surface area contributed by atoms with Crippen molar-refractivity contribution in [2.45, 2.75) is 19.8 Å². The summed E-state index contributed by atoms with van der Waals surface area (Å²) < 4.78 is 6.96. The zero-order valence-electron chi connectivity index (χ0n) is 16.6. The molecule has 0 N–H and O–H groups in total. The molecule has 29 heavy (non-hydrogen) atoms. The van der Waals surface area contributed by atoms with Gasteiger partial charge in [-0.1, -0.05) is 36.7 Å². The highest BCUT2D eigenvalue weighted by Crippen LogP contribution is 2.29. The van der Waals surface area contributed by atoms with Crippen molar-refractivity contribution < 1.29 is 9.53 Å². The van der Waals surface area contributed by atoms with E-state index >= 15 is 0 Å². The van der Waals surface area contributed by atoms with E-state index in [0.29, 0.717) is 22.3 Å². The molecule has 3 aromatic rings. The van der Waals surface area contributed by atoms with E-state index in [4.69, 9.17) is 21.4 Å². The molecule has 0 bridgehead atoms. The van der Waals surface area contributed by atoms with Crippen molar-refractivity contribution in [2.24, 2.45) is 5.92 Å². The Kier molecular flexibility index (Phi) is 5.58. The number of aromatic nitrogens is 2.